The molecule has 18 nitrogen and oxygen atoms in total. The third kappa shape index (κ3) is 13.7. The van der Waals surface area contributed by atoms with Crippen LogP contribution in [0.1, 0.15) is 38.8 Å². The van der Waals surface area contributed by atoms with Gasteiger partial charge in [0.15, 0.2) is 15.7 Å². The maximum absolute atomic E-state index is 11.1. The second-order valence-electron chi connectivity index (χ2n) is 13.2. The van der Waals surface area contributed by atoms with E-state index in [0.717, 1.165) is 46.1 Å². The van der Waals surface area contributed by atoms with Crippen LogP contribution >= 0.6 is 48.9 Å². The molecule has 0 unspecified atom stereocenters. The number of urea groups is 3. The van der Waals surface area contributed by atoms with Crippen molar-refractivity contribution >= 4 is 105 Å². The Labute approximate surface area is 362 Å². The van der Waals surface area contributed by atoms with Gasteiger partial charge < -0.3 is 33.8 Å². The molecule has 0 N–H and O–H groups in total. The molecule has 6 heterocycles. The lowest BCUT2D eigenvalue weighted by Gasteiger charge is -2.14. The molecule has 0 aromatic carbocycles. The van der Waals surface area contributed by atoms with Crippen molar-refractivity contribution < 1.29 is 33.2 Å². The summed E-state index contributed by atoms with van der Waals surface area (Å²) in [6, 6.07) is -0.389. The molecule has 5 aliphatic rings. The Kier molecular flexibility index (Phi) is 21.0. The Morgan fingerprint density at radius 1 is 0.466 bits per heavy atom. The van der Waals surface area contributed by atoms with Crippen LogP contribution in [-0.2, 0) is 14.4 Å². The molecule has 58 heavy (non-hydrogen) atoms. The van der Waals surface area contributed by atoms with E-state index in [4.69, 9.17) is 53.3 Å². The molecular weight excluding hydrogens is 829 g/mol. The number of likely N-dealkylation sites (N-methyl/N-ethyl adjacent to an activating group) is 10. The molecular formula is C36H56N10O8S4. The molecule has 5 aliphatic heterocycles. The molecule has 0 spiro atoms. The Morgan fingerprint density at radius 3 is 1.02 bits per heavy atom. The zero-order chi connectivity index (χ0) is 44.8. The van der Waals surface area contributed by atoms with Crippen LogP contribution < -0.4 is 5.43 Å². The van der Waals surface area contributed by atoms with E-state index in [9.17, 15) is 33.6 Å². The molecule has 0 radical (unpaired) electrons. The minimum atomic E-state index is -0.222. The van der Waals surface area contributed by atoms with Crippen molar-refractivity contribution in [3.05, 3.63) is 33.9 Å². The number of amides is 9. The Balaban J connectivity index is 0.000000348. The van der Waals surface area contributed by atoms with E-state index in [1.54, 1.807) is 39.9 Å². The van der Waals surface area contributed by atoms with Gasteiger partial charge in [0.25, 0.3) is 0 Å². The van der Waals surface area contributed by atoms with Crippen LogP contribution in [0.15, 0.2) is 21.7 Å². The van der Waals surface area contributed by atoms with Gasteiger partial charge in [-0.1, -0.05) is 24.4 Å². The Morgan fingerprint density at radius 2 is 0.810 bits per heavy atom. The summed E-state index contributed by atoms with van der Waals surface area (Å²) < 4.78 is 4.82. The van der Waals surface area contributed by atoms with Crippen LogP contribution in [0.25, 0.3) is 0 Å². The van der Waals surface area contributed by atoms with Crippen molar-refractivity contribution in [1.29, 1.82) is 0 Å². The lowest BCUT2D eigenvalue weighted by molar-refractivity contribution is -0.125. The summed E-state index contributed by atoms with van der Waals surface area (Å²) in [4.78, 5) is 93.5. The second kappa shape index (κ2) is 23.7. The third-order valence-corrected chi connectivity index (χ3v) is 11.0. The zero-order valence-electron chi connectivity index (χ0n) is 35.4. The number of nitrogens with zero attached hydrogens (tertiary/aromatic N) is 10. The maximum Gasteiger partial charge on any atom is 0.326 e. The standard InChI is InChI=1S/C7H8O2.C6H10N2O2.2C6H10N2OS.C6H10N2S2.C5H8N2O2/c1-5-3-9-4-6(2)7(5)8;1-3-8-4-5(9)7(2)6(8)10;1-3-8-4-5(10)7(2)6(8)9;2*1-3-8-4-5(9)7(2)6(8)10;1-6-3-4(8)7(2)5(6)9/h3-4H,1-2H3;4*3-4H2,1-2H3;3H2,1-2H3. The predicted molar refractivity (Wildman–Crippen MR) is 236 cm³/mol. The topological polar surface area (TPSA) is 165 Å². The molecule has 6 rings (SSSR count). The number of aryl methyl sites for hydroxylation is 2. The number of rotatable bonds is 4. The molecule has 0 saturated carbocycles. The summed E-state index contributed by atoms with van der Waals surface area (Å²) in [7, 11) is 9.92. The quantitative estimate of drug-likeness (QED) is 0.320. The molecule has 1 aromatic heterocycles. The molecule has 0 aliphatic carbocycles. The van der Waals surface area contributed by atoms with Crippen molar-refractivity contribution in [2.24, 2.45) is 0 Å². The minimum absolute atomic E-state index is 0.0208. The maximum atomic E-state index is 11.1. The smallest absolute Gasteiger partial charge is 0.326 e. The fraction of sp³-hybridized carbons (Fsp3) is 0.583. The van der Waals surface area contributed by atoms with Gasteiger partial charge in [0.2, 0.25) is 17.7 Å². The first-order chi connectivity index (χ1) is 27.0. The highest BCUT2D eigenvalue weighted by molar-refractivity contribution is 7.82. The number of imide groups is 2. The largest absolute Gasteiger partial charge is 0.472 e. The monoisotopic (exact) mass is 884 g/mol. The summed E-state index contributed by atoms with van der Waals surface area (Å²) in [6.07, 6.45) is 2.91. The summed E-state index contributed by atoms with van der Waals surface area (Å²) in [5.41, 5.74) is 1.39. The average Bonchev–Trinajstić information content (AvgIpc) is 3.87. The number of carbonyl (C=O) groups excluding carboxylic acids is 6. The summed E-state index contributed by atoms with van der Waals surface area (Å²) >= 11 is 20.1. The average molecular weight is 885 g/mol. The first-order valence-corrected chi connectivity index (χ1v) is 19.9. The van der Waals surface area contributed by atoms with Crippen molar-refractivity contribution in [3.63, 3.8) is 0 Å². The van der Waals surface area contributed by atoms with Gasteiger partial charge in [0, 0.05) is 79.6 Å². The van der Waals surface area contributed by atoms with Crippen LogP contribution in [0.3, 0.4) is 0 Å². The SMILES string of the molecule is CCN1CC(=O)N(C)C1=O.CCN1CC(=O)N(C)C1=S.CCN1CC(=S)N(C)C1=O.CCN1CC(=S)N(C)C1=S.CN1CC(=O)N(C)C1=O.Cc1cocc(C)c1=O. The summed E-state index contributed by atoms with van der Waals surface area (Å²) in [6.45, 7) is 16.8. The van der Waals surface area contributed by atoms with Crippen molar-refractivity contribution in [3.8, 4) is 0 Å². The van der Waals surface area contributed by atoms with Gasteiger partial charge >= 0.3 is 18.1 Å². The minimum Gasteiger partial charge on any atom is -0.472 e. The van der Waals surface area contributed by atoms with Crippen LogP contribution in [0, 0.1) is 13.8 Å². The van der Waals surface area contributed by atoms with E-state index in [0.29, 0.717) is 40.9 Å². The summed E-state index contributed by atoms with van der Waals surface area (Å²) in [5.74, 6) is -0.166. The highest BCUT2D eigenvalue weighted by Gasteiger charge is 2.32. The molecule has 9 amide bonds. The predicted octanol–water partition coefficient (Wildman–Crippen LogP) is 2.30. The normalized spacial score (nSPS) is 17.7. The number of hydrogen-bond acceptors (Lipinski definition) is 12. The van der Waals surface area contributed by atoms with E-state index in [1.807, 2.05) is 37.6 Å². The lowest BCUT2D eigenvalue weighted by Crippen LogP contribution is -2.29. The van der Waals surface area contributed by atoms with E-state index < -0.39 is 0 Å². The Bertz CT molecular complexity index is 1630. The molecule has 22 heteroatoms. The first kappa shape index (κ1) is 51.3. The van der Waals surface area contributed by atoms with Gasteiger partial charge in [0.1, 0.15) is 23.1 Å². The van der Waals surface area contributed by atoms with Crippen LogP contribution in [0.4, 0.5) is 14.4 Å². The van der Waals surface area contributed by atoms with E-state index in [2.05, 4.69) is 11.8 Å². The number of carbonyl (C=O) groups is 6. The van der Waals surface area contributed by atoms with E-state index >= 15 is 0 Å². The van der Waals surface area contributed by atoms with Crippen LogP contribution in [0.2, 0.25) is 0 Å². The third-order valence-electron chi connectivity index (χ3n) is 9.12. The molecule has 0 bridgehead atoms. The summed E-state index contributed by atoms with van der Waals surface area (Å²) in [5, 5.41) is 1.50. The van der Waals surface area contributed by atoms with Gasteiger partial charge in [-0.2, -0.15) is 0 Å². The van der Waals surface area contributed by atoms with Gasteiger partial charge in [-0.25, -0.2) is 14.4 Å². The van der Waals surface area contributed by atoms with Gasteiger partial charge in [-0.05, 0) is 66.0 Å². The fourth-order valence-electron chi connectivity index (χ4n) is 5.01. The molecule has 5 fully saturated rings. The fourth-order valence-corrected chi connectivity index (χ4v) is 6.14. The van der Waals surface area contributed by atoms with Crippen LogP contribution in [-0.4, -0.2) is 206 Å². The van der Waals surface area contributed by atoms with E-state index in [1.165, 1.54) is 46.2 Å². The van der Waals surface area contributed by atoms with Gasteiger partial charge in [-0.3, -0.25) is 38.8 Å². The number of thiocarbonyl (C=S) groups is 4. The Hall–Kier alpha value is -4.67. The highest BCUT2D eigenvalue weighted by atomic mass is 32.1. The van der Waals surface area contributed by atoms with Crippen molar-refractivity contribution in [2.75, 3.05) is 101 Å². The second-order valence-corrected chi connectivity index (χ2v) is 14.8. The van der Waals surface area contributed by atoms with Crippen molar-refractivity contribution in [2.45, 2.75) is 41.5 Å². The van der Waals surface area contributed by atoms with Crippen molar-refractivity contribution in [1.82, 2.24) is 49.0 Å². The molecule has 0 atom stereocenters. The van der Waals surface area contributed by atoms with E-state index in [-0.39, 0.29) is 54.3 Å². The molecule has 1 aromatic rings. The lowest BCUT2D eigenvalue weighted by atomic mass is 10.2. The van der Waals surface area contributed by atoms with Gasteiger partial charge in [-0.15, -0.1) is 0 Å². The number of hydrogen-bond donors (Lipinski definition) is 0. The highest BCUT2D eigenvalue weighted by Crippen LogP contribution is 2.10. The van der Waals surface area contributed by atoms with Crippen LogP contribution in [0.5, 0.6) is 0 Å². The van der Waals surface area contributed by atoms with Gasteiger partial charge in [0.05, 0.1) is 32.2 Å². The molecule has 5 saturated heterocycles. The first-order valence-electron chi connectivity index (χ1n) is 18.3. The molecule has 322 valence electrons. The zero-order valence-corrected chi connectivity index (χ0v) is 38.7.